The van der Waals surface area contributed by atoms with Crippen LogP contribution in [0.2, 0.25) is 0 Å². The Labute approximate surface area is 135 Å². The molecule has 4 amide bonds. The van der Waals surface area contributed by atoms with Gasteiger partial charge in [0.2, 0.25) is 5.91 Å². The summed E-state index contributed by atoms with van der Waals surface area (Å²) in [7, 11) is 0. The molecule has 1 atom stereocenters. The van der Waals surface area contributed by atoms with Gasteiger partial charge in [0.05, 0.1) is 13.1 Å². The van der Waals surface area contributed by atoms with Gasteiger partial charge in [0, 0.05) is 18.2 Å². The molecule has 0 saturated carbocycles. The van der Waals surface area contributed by atoms with Gasteiger partial charge in [-0.25, -0.2) is 4.79 Å². The molecular formula is C17H21N3O3. The van der Waals surface area contributed by atoms with E-state index >= 15 is 0 Å². The number of urea groups is 1. The van der Waals surface area contributed by atoms with Gasteiger partial charge in [-0.2, -0.15) is 0 Å². The number of nitrogens with zero attached hydrogens (tertiary/aromatic N) is 2. The Bertz CT molecular complexity index is 610. The number of amides is 4. The van der Waals surface area contributed by atoms with Crippen molar-refractivity contribution in [2.75, 3.05) is 13.1 Å². The molecule has 23 heavy (non-hydrogen) atoms. The van der Waals surface area contributed by atoms with Crippen LogP contribution in [-0.2, 0) is 11.3 Å². The van der Waals surface area contributed by atoms with Crippen LogP contribution in [0.25, 0.3) is 0 Å². The van der Waals surface area contributed by atoms with Gasteiger partial charge in [-0.15, -0.1) is 0 Å². The van der Waals surface area contributed by atoms with Crippen LogP contribution >= 0.6 is 0 Å². The molecule has 0 unspecified atom stereocenters. The number of rotatable bonds is 3. The average Bonchev–Trinajstić information content (AvgIpc) is 2.87. The first-order chi connectivity index (χ1) is 11.1. The highest BCUT2D eigenvalue weighted by Crippen LogP contribution is 2.20. The fourth-order valence-electron chi connectivity index (χ4n) is 3.12. The lowest BCUT2D eigenvalue weighted by Gasteiger charge is -2.33. The van der Waals surface area contributed by atoms with Crippen LogP contribution in [-0.4, -0.2) is 46.8 Å². The smallest absolute Gasteiger partial charge is 0.324 e. The standard InChI is InChI=1S/C17H21N3O3/c1-12-4-2-3-9-19(12)16(22)14-7-5-13(6-8-14)11-20-15(21)10-18-17(20)23/h5-8,12H,2-4,9-11H2,1H3,(H,18,23)/t12-/m0/s1. The summed E-state index contributed by atoms with van der Waals surface area (Å²) in [4.78, 5) is 38.8. The van der Waals surface area contributed by atoms with E-state index in [1.807, 2.05) is 4.90 Å². The van der Waals surface area contributed by atoms with Crippen LogP contribution < -0.4 is 5.32 Å². The summed E-state index contributed by atoms with van der Waals surface area (Å²) in [6.07, 6.45) is 3.28. The lowest BCUT2D eigenvalue weighted by molar-refractivity contribution is -0.125. The molecule has 6 nitrogen and oxygen atoms in total. The van der Waals surface area contributed by atoms with E-state index in [0.717, 1.165) is 24.9 Å². The molecule has 122 valence electrons. The Morgan fingerprint density at radius 2 is 1.96 bits per heavy atom. The number of nitrogens with one attached hydrogen (secondary N) is 1. The van der Waals surface area contributed by atoms with E-state index in [0.29, 0.717) is 5.56 Å². The SMILES string of the molecule is C[C@H]1CCCCN1C(=O)c1ccc(CN2C(=O)CNC2=O)cc1. The molecule has 2 heterocycles. The third-order valence-electron chi connectivity index (χ3n) is 4.54. The maximum Gasteiger partial charge on any atom is 0.324 e. The van der Waals surface area contributed by atoms with Crippen molar-refractivity contribution in [2.24, 2.45) is 0 Å². The Hall–Kier alpha value is -2.37. The first-order valence-corrected chi connectivity index (χ1v) is 8.04. The Morgan fingerprint density at radius 3 is 2.57 bits per heavy atom. The van der Waals surface area contributed by atoms with Crippen LogP contribution in [0.15, 0.2) is 24.3 Å². The molecule has 2 fully saturated rings. The van der Waals surface area contributed by atoms with E-state index in [9.17, 15) is 14.4 Å². The lowest BCUT2D eigenvalue weighted by Crippen LogP contribution is -2.42. The summed E-state index contributed by atoms with van der Waals surface area (Å²) < 4.78 is 0. The van der Waals surface area contributed by atoms with Gasteiger partial charge in [0.15, 0.2) is 0 Å². The summed E-state index contributed by atoms with van der Waals surface area (Å²) >= 11 is 0. The number of likely N-dealkylation sites (tertiary alicyclic amines) is 1. The first kappa shape index (κ1) is 15.5. The van der Waals surface area contributed by atoms with Crippen molar-refractivity contribution in [3.8, 4) is 0 Å². The van der Waals surface area contributed by atoms with E-state index in [1.54, 1.807) is 24.3 Å². The monoisotopic (exact) mass is 315 g/mol. The van der Waals surface area contributed by atoms with Crippen LogP contribution in [0, 0.1) is 0 Å². The molecule has 2 aliphatic heterocycles. The molecule has 0 spiro atoms. The van der Waals surface area contributed by atoms with Crippen LogP contribution in [0.1, 0.15) is 42.1 Å². The molecule has 0 aliphatic carbocycles. The van der Waals surface area contributed by atoms with Crippen LogP contribution in [0.5, 0.6) is 0 Å². The summed E-state index contributed by atoms with van der Waals surface area (Å²) in [5, 5.41) is 2.49. The first-order valence-electron chi connectivity index (χ1n) is 8.04. The molecule has 1 aromatic rings. The normalized spacial score (nSPS) is 21.5. The molecule has 1 N–H and O–H groups in total. The van der Waals surface area contributed by atoms with Crippen molar-refractivity contribution < 1.29 is 14.4 Å². The molecule has 6 heteroatoms. The zero-order valence-electron chi connectivity index (χ0n) is 13.2. The Morgan fingerprint density at radius 1 is 1.22 bits per heavy atom. The summed E-state index contributed by atoms with van der Waals surface area (Å²) in [5.74, 6) is -0.170. The minimum Gasteiger partial charge on any atom is -0.336 e. The molecule has 0 aromatic heterocycles. The van der Waals surface area contributed by atoms with Crippen molar-refractivity contribution in [3.05, 3.63) is 35.4 Å². The van der Waals surface area contributed by atoms with Crippen molar-refractivity contribution in [1.82, 2.24) is 15.1 Å². The number of benzene rings is 1. The number of carbonyl (C=O) groups is 3. The summed E-state index contributed by atoms with van der Waals surface area (Å²) in [6.45, 7) is 3.19. The largest absolute Gasteiger partial charge is 0.336 e. The fraction of sp³-hybridized carbons (Fsp3) is 0.471. The molecule has 2 aliphatic rings. The van der Waals surface area contributed by atoms with Gasteiger partial charge in [-0.05, 0) is 43.9 Å². The Kier molecular flexibility index (Phi) is 4.32. The van der Waals surface area contributed by atoms with E-state index in [2.05, 4.69) is 12.2 Å². The highest BCUT2D eigenvalue weighted by molar-refractivity contribution is 6.01. The van der Waals surface area contributed by atoms with Gasteiger partial charge in [-0.3, -0.25) is 14.5 Å². The third-order valence-corrected chi connectivity index (χ3v) is 4.54. The number of hydrogen-bond acceptors (Lipinski definition) is 3. The van der Waals surface area contributed by atoms with E-state index in [4.69, 9.17) is 0 Å². The van der Waals surface area contributed by atoms with Crippen molar-refractivity contribution in [1.29, 1.82) is 0 Å². The highest BCUT2D eigenvalue weighted by atomic mass is 16.2. The lowest BCUT2D eigenvalue weighted by atomic mass is 10.0. The molecule has 0 radical (unpaired) electrons. The summed E-state index contributed by atoms with van der Waals surface area (Å²) in [5.41, 5.74) is 1.48. The molecule has 1 aromatic carbocycles. The number of imide groups is 1. The highest BCUT2D eigenvalue weighted by Gasteiger charge is 2.28. The molecule has 3 rings (SSSR count). The van der Waals surface area contributed by atoms with Crippen molar-refractivity contribution in [3.63, 3.8) is 0 Å². The molecule has 2 saturated heterocycles. The van der Waals surface area contributed by atoms with Crippen molar-refractivity contribution >= 4 is 17.8 Å². The summed E-state index contributed by atoms with van der Waals surface area (Å²) in [6, 6.07) is 7.08. The minimum atomic E-state index is -0.364. The maximum absolute atomic E-state index is 12.6. The second-order valence-corrected chi connectivity index (χ2v) is 6.18. The van der Waals surface area contributed by atoms with Gasteiger partial charge in [0.25, 0.3) is 5.91 Å². The second-order valence-electron chi connectivity index (χ2n) is 6.18. The molecule has 0 bridgehead atoms. The van der Waals surface area contributed by atoms with Gasteiger partial charge >= 0.3 is 6.03 Å². The number of hydrogen-bond donors (Lipinski definition) is 1. The topological polar surface area (TPSA) is 69.7 Å². The predicted octanol–water partition coefficient (Wildman–Crippen LogP) is 1.75. The molecular weight excluding hydrogens is 294 g/mol. The van der Waals surface area contributed by atoms with Gasteiger partial charge in [0.1, 0.15) is 0 Å². The quantitative estimate of drug-likeness (QED) is 0.864. The Balaban J connectivity index is 1.68. The van der Waals surface area contributed by atoms with Crippen LogP contribution in [0.4, 0.5) is 4.79 Å². The van der Waals surface area contributed by atoms with Crippen LogP contribution in [0.3, 0.4) is 0 Å². The predicted molar refractivity (Wildman–Crippen MR) is 84.7 cm³/mol. The fourth-order valence-corrected chi connectivity index (χ4v) is 3.12. The second kappa shape index (κ2) is 6.40. The maximum atomic E-state index is 12.6. The van der Waals surface area contributed by atoms with E-state index in [1.165, 1.54) is 11.3 Å². The van der Waals surface area contributed by atoms with E-state index in [-0.39, 0.29) is 37.0 Å². The average molecular weight is 315 g/mol. The number of piperidine rings is 1. The zero-order valence-corrected chi connectivity index (χ0v) is 13.2. The number of carbonyl (C=O) groups excluding carboxylic acids is 3. The third kappa shape index (κ3) is 3.21. The zero-order chi connectivity index (χ0) is 16.4. The minimum absolute atomic E-state index is 0.0544. The van der Waals surface area contributed by atoms with Gasteiger partial charge in [-0.1, -0.05) is 12.1 Å². The van der Waals surface area contributed by atoms with E-state index < -0.39 is 0 Å². The van der Waals surface area contributed by atoms with Crippen molar-refractivity contribution in [2.45, 2.75) is 38.8 Å². The van der Waals surface area contributed by atoms with Gasteiger partial charge < -0.3 is 10.2 Å².